The third-order valence-electron chi connectivity index (χ3n) is 2.11. The molecule has 0 amide bonds. The number of allylic oxidation sites excluding steroid dienone is 4. The van der Waals surface area contributed by atoms with Crippen molar-refractivity contribution in [3.63, 3.8) is 0 Å². The van der Waals surface area contributed by atoms with Crippen molar-refractivity contribution in [2.24, 2.45) is 4.99 Å². The first-order chi connectivity index (χ1) is 6.18. The summed E-state index contributed by atoms with van der Waals surface area (Å²) in [4.78, 5) is 4.37. The summed E-state index contributed by atoms with van der Waals surface area (Å²) < 4.78 is 0. The molecule has 13 heavy (non-hydrogen) atoms. The predicted octanol–water partition coefficient (Wildman–Crippen LogP) is 3.65. The minimum Gasteiger partial charge on any atom is -0.259 e. The third-order valence-corrected chi connectivity index (χ3v) is 2.11. The highest BCUT2D eigenvalue weighted by Gasteiger charge is 1.97. The molecule has 0 bridgehead atoms. The van der Waals surface area contributed by atoms with E-state index in [4.69, 9.17) is 0 Å². The lowest BCUT2D eigenvalue weighted by Crippen LogP contribution is -1.91. The molecule has 0 aromatic heterocycles. The lowest BCUT2D eigenvalue weighted by atomic mass is 10.1. The Morgan fingerprint density at radius 2 is 1.85 bits per heavy atom. The molecule has 1 aliphatic rings. The van der Waals surface area contributed by atoms with Gasteiger partial charge >= 0.3 is 0 Å². The largest absolute Gasteiger partial charge is 0.259 e. The number of hydrogen-bond donors (Lipinski definition) is 0. The van der Waals surface area contributed by atoms with Gasteiger partial charge in [-0.25, -0.2) is 0 Å². The van der Waals surface area contributed by atoms with Crippen molar-refractivity contribution < 1.29 is 0 Å². The maximum absolute atomic E-state index is 4.37. The molecule has 0 fully saturated rings. The van der Waals surface area contributed by atoms with Crippen LogP contribution in [0.25, 0.3) is 0 Å². The zero-order valence-electron chi connectivity index (χ0n) is 8.34. The van der Waals surface area contributed by atoms with Gasteiger partial charge in [0.25, 0.3) is 0 Å². The number of nitrogens with zero attached hydrogens (tertiary/aromatic N) is 1. The molecule has 1 aliphatic heterocycles. The fraction of sp³-hybridized carbons (Fsp3) is 0.417. The maximum Gasteiger partial charge on any atom is 0.0375 e. The highest BCUT2D eigenvalue weighted by atomic mass is 14.7. The zero-order valence-corrected chi connectivity index (χ0v) is 8.34. The molecule has 1 rings (SSSR count). The molecule has 0 atom stereocenters. The van der Waals surface area contributed by atoms with Gasteiger partial charge in [0.05, 0.1) is 0 Å². The van der Waals surface area contributed by atoms with E-state index in [1.807, 2.05) is 13.0 Å². The normalized spacial score (nSPS) is 26.4. The molecule has 0 saturated carbocycles. The highest BCUT2D eigenvalue weighted by Crippen LogP contribution is 2.14. The van der Waals surface area contributed by atoms with E-state index in [0.29, 0.717) is 0 Å². The summed E-state index contributed by atoms with van der Waals surface area (Å²) in [6.45, 7) is 9.89. The van der Waals surface area contributed by atoms with Crippen LogP contribution in [0.2, 0.25) is 0 Å². The van der Waals surface area contributed by atoms with E-state index < -0.39 is 0 Å². The first kappa shape index (κ1) is 9.97. The van der Waals surface area contributed by atoms with Crippen LogP contribution < -0.4 is 0 Å². The predicted molar refractivity (Wildman–Crippen MR) is 59.0 cm³/mol. The standard InChI is InChI=1S/C12H17N/c1-10-6-4-5-7-11(2)13-12(3)9-8-10/h8-9H,1-2,4-7H2,3H3/b9-8-,13-12-. The smallest absolute Gasteiger partial charge is 0.0375 e. The van der Waals surface area contributed by atoms with Gasteiger partial charge < -0.3 is 0 Å². The zero-order chi connectivity index (χ0) is 9.68. The molecular weight excluding hydrogens is 158 g/mol. The van der Waals surface area contributed by atoms with Crippen LogP contribution in [0.5, 0.6) is 0 Å². The van der Waals surface area contributed by atoms with Gasteiger partial charge in [-0.05, 0) is 38.7 Å². The van der Waals surface area contributed by atoms with E-state index in [-0.39, 0.29) is 0 Å². The van der Waals surface area contributed by atoms with Crippen molar-refractivity contribution in [1.82, 2.24) is 0 Å². The van der Waals surface area contributed by atoms with Crippen molar-refractivity contribution in [1.29, 1.82) is 0 Å². The average molecular weight is 175 g/mol. The van der Waals surface area contributed by atoms with Crippen LogP contribution in [0.1, 0.15) is 32.6 Å². The van der Waals surface area contributed by atoms with Gasteiger partial charge in [0.15, 0.2) is 0 Å². The number of hydrogen-bond acceptors (Lipinski definition) is 1. The molecule has 1 nitrogen and oxygen atoms in total. The van der Waals surface area contributed by atoms with E-state index >= 15 is 0 Å². The quantitative estimate of drug-likeness (QED) is 0.533. The Hall–Kier alpha value is -1.11. The number of rotatable bonds is 0. The Morgan fingerprint density at radius 3 is 2.62 bits per heavy atom. The molecule has 1 heteroatoms. The van der Waals surface area contributed by atoms with E-state index in [0.717, 1.165) is 24.3 Å². The van der Waals surface area contributed by atoms with Crippen molar-refractivity contribution in [3.05, 3.63) is 36.6 Å². The second-order valence-electron chi connectivity index (χ2n) is 3.52. The van der Waals surface area contributed by atoms with Crippen LogP contribution in [-0.4, -0.2) is 5.71 Å². The van der Waals surface area contributed by atoms with Crippen LogP contribution in [-0.2, 0) is 0 Å². The fourth-order valence-electron chi connectivity index (χ4n) is 1.35. The minimum atomic E-state index is 0.995. The molecule has 0 spiro atoms. The fourth-order valence-corrected chi connectivity index (χ4v) is 1.35. The summed E-state index contributed by atoms with van der Waals surface area (Å²) in [6, 6.07) is 0. The Labute approximate surface area is 80.6 Å². The van der Waals surface area contributed by atoms with Gasteiger partial charge in [0, 0.05) is 11.4 Å². The summed E-state index contributed by atoms with van der Waals surface area (Å²) in [7, 11) is 0. The molecular formula is C12H17N. The third kappa shape index (κ3) is 3.88. The molecule has 0 radical (unpaired) electrons. The molecule has 0 N–H and O–H groups in total. The summed E-state index contributed by atoms with van der Waals surface area (Å²) in [5.41, 5.74) is 3.21. The molecule has 1 heterocycles. The van der Waals surface area contributed by atoms with Crippen molar-refractivity contribution in [2.75, 3.05) is 0 Å². The van der Waals surface area contributed by atoms with E-state index in [9.17, 15) is 0 Å². The minimum absolute atomic E-state index is 0.995. The van der Waals surface area contributed by atoms with E-state index in [1.165, 1.54) is 18.4 Å². The first-order valence-electron chi connectivity index (χ1n) is 4.77. The summed E-state index contributed by atoms with van der Waals surface area (Å²) in [5, 5.41) is 0. The lowest BCUT2D eigenvalue weighted by molar-refractivity contribution is 0.729. The maximum atomic E-state index is 4.37. The van der Waals surface area contributed by atoms with Crippen molar-refractivity contribution >= 4 is 5.71 Å². The molecule has 0 aromatic carbocycles. The van der Waals surface area contributed by atoms with E-state index in [2.05, 4.69) is 24.2 Å². The Bertz CT molecular complexity index is 269. The Kier molecular flexibility index (Phi) is 3.69. The topological polar surface area (TPSA) is 12.4 Å². The Morgan fingerprint density at radius 1 is 1.15 bits per heavy atom. The molecule has 0 unspecified atom stereocenters. The van der Waals surface area contributed by atoms with Gasteiger partial charge in [-0.1, -0.05) is 24.8 Å². The summed E-state index contributed by atoms with van der Waals surface area (Å²) in [5.74, 6) is 0. The van der Waals surface area contributed by atoms with Crippen LogP contribution >= 0.6 is 0 Å². The molecule has 0 aliphatic carbocycles. The Balaban J connectivity index is 2.74. The average Bonchev–Trinajstić information content (AvgIpc) is 2.08. The second kappa shape index (κ2) is 4.80. The van der Waals surface area contributed by atoms with Gasteiger partial charge in [-0.3, -0.25) is 4.99 Å². The molecule has 70 valence electrons. The monoisotopic (exact) mass is 175 g/mol. The van der Waals surface area contributed by atoms with Gasteiger partial charge in [-0.2, -0.15) is 0 Å². The van der Waals surface area contributed by atoms with Crippen LogP contribution in [0.4, 0.5) is 0 Å². The SMILES string of the molecule is C=C1/C=C\C(C)=N/C(=C)CCCC1. The van der Waals surface area contributed by atoms with Gasteiger partial charge in [-0.15, -0.1) is 0 Å². The van der Waals surface area contributed by atoms with Crippen molar-refractivity contribution in [3.8, 4) is 0 Å². The van der Waals surface area contributed by atoms with Crippen LogP contribution in [0.15, 0.2) is 41.6 Å². The highest BCUT2D eigenvalue weighted by molar-refractivity contribution is 5.93. The van der Waals surface area contributed by atoms with Gasteiger partial charge in [0.2, 0.25) is 0 Å². The van der Waals surface area contributed by atoms with Crippen LogP contribution in [0.3, 0.4) is 0 Å². The van der Waals surface area contributed by atoms with Crippen LogP contribution in [0, 0.1) is 0 Å². The summed E-state index contributed by atoms with van der Waals surface area (Å²) >= 11 is 0. The first-order valence-corrected chi connectivity index (χ1v) is 4.77. The molecule has 0 aromatic rings. The second-order valence-corrected chi connectivity index (χ2v) is 3.52. The number of aliphatic imine (C=N–C) groups is 1. The van der Waals surface area contributed by atoms with Crippen molar-refractivity contribution in [2.45, 2.75) is 32.6 Å². The van der Waals surface area contributed by atoms with Gasteiger partial charge in [0.1, 0.15) is 0 Å². The lowest BCUT2D eigenvalue weighted by Gasteiger charge is -2.05. The van der Waals surface area contributed by atoms with E-state index in [1.54, 1.807) is 0 Å². The summed E-state index contributed by atoms with van der Waals surface area (Å²) in [6.07, 6.45) is 8.53. The molecule has 0 saturated heterocycles.